The van der Waals surface area contributed by atoms with Crippen LogP contribution in [0.5, 0.6) is 0 Å². The second-order valence-corrected chi connectivity index (χ2v) is 6.23. The number of hydrogen-bond donors (Lipinski definition) is 3. The number of hydrogen-bond acceptors (Lipinski definition) is 4. The maximum atomic E-state index is 13.7. The first-order valence-corrected chi connectivity index (χ1v) is 8.89. The molecule has 1 heterocycles. The molecule has 3 amide bonds. The molecule has 1 saturated heterocycles. The van der Waals surface area contributed by atoms with Gasteiger partial charge in [-0.3, -0.25) is 4.79 Å². The van der Waals surface area contributed by atoms with Gasteiger partial charge in [0.15, 0.2) is 0 Å². The maximum absolute atomic E-state index is 13.7. The number of nitrogens with one attached hydrogen (secondary N) is 3. The minimum Gasteiger partial charge on any atom is -0.383 e. The van der Waals surface area contributed by atoms with Gasteiger partial charge < -0.3 is 25.6 Å². The second-order valence-electron chi connectivity index (χ2n) is 6.23. The van der Waals surface area contributed by atoms with Crippen LogP contribution in [-0.4, -0.2) is 63.3 Å². The Morgan fingerprint density at radius 2 is 2.08 bits per heavy atom. The van der Waals surface area contributed by atoms with Crippen LogP contribution in [0.1, 0.15) is 12.8 Å². The molecular formula is C18H27FN4O3. The van der Waals surface area contributed by atoms with Crippen molar-refractivity contribution in [2.24, 2.45) is 5.92 Å². The molecule has 0 bridgehead atoms. The smallest absolute Gasteiger partial charge is 0.321 e. The zero-order valence-corrected chi connectivity index (χ0v) is 15.1. The number of benzene rings is 1. The lowest BCUT2D eigenvalue weighted by Crippen LogP contribution is -2.47. The Bertz CT molecular complexity index is 600. The van der Waals surface area contributed by atoms with Crippen molar-refractivity contribution in [1.29, 1.82) is 0 Å². The summed E-state index contributed by atoms with van der Waals surface area (Å²) >= 11 is 0. The number of likely N-dealkylation sites (tertiary alicyclic amines) is 1. The number of para-hydroxylation sites is 1. The van der Waals surface area contributed by atoms with Gasteiger partial charge in [0.2, 0.25) is 5.91 Å². The van der Waals surface area contributed by atoms with Crippen LogP contribution in [0.2, 0.25) is 0 Å². The van der Waals surface area contributed by atoms with Crippen LogP contribution in [0.25, 0.3) is 0 Å². The van der Waals surface area contributed by atoms with Gasteiger partial charge >= 0.3 is 6.03 Å². The van der Waals surface area contributed by atoms with Crippen LogP contribution in [0, 0.1) is 11.7 Å². The summed E-state index contributed by atoms with van der Waals surface area (Å²) in [5, 5.41) is 8.61. The summed E-state index contributed by atoms with van der Waals surface area (Å²) in [5.74, 6) is -0.774. The fourth-order valence-electron chi connectivity index (χ4n) is 2.85. The molecule has 0 spiro atoms. The monoisotopic (exact) mass is 366 g/mol. The molecule has 26 heavy (non-hydrogen) atoms. The first kappa shape index (κ1) is 20.1. The van der Waals surface area contributed by atoms with E-state index in [1.807, 2.05) is 0 Å². The lowest BCUT2D eigenvalue weighted by atomic mass is 9.97. The standard InChI is InChI=1S/C18H27FN4O3/c1-26-12-10-20-8-9-21-17(24)14-5-4-11-23(13-14)18(25)22-16-7-3-2-6-15(16)19/h2-3,6-7,14,20H,4-5,8-13H2,1H3,(H,21,24)(H,22,25). The number of urea groups is 1. The highest BCUT2D eigenvalue weighted by molar-refractivity contribution is 5.90. The van der Waals surface area contributed by atoms with Gasteiger partial charge in [-0.05, 0) is 25.0 Å². The molecule has 1 aromatic carbocycles. The minimum absolute atomic E-state index is 0.0538. The molecule has 7 nitrogen and oxygen atoms in total. The van der Waals surface area contributed by atoms with E-state index in [4.69, 9.17) is 4.74 Å². The number of ether oxygens (including phenoxy) is 1. The third-order valence-electron chi connectivity index (χ3n) is 4.28. The van der Waals surface area contributed by atoms with Gasteiger partial charge in [-0.15, -0.1) is 0 Å². The number of methoxy groups -OCH3 is 1. The van der Waals surface area contributed by atoms with E-state index in [2.05, 4.69) is 16.0 Å². The van der Waals surface area contributed by atoms with Crippen molar-refractivity contribution in [3.05, 3.63) is 30.1 Å². The molecule has 8 heteroatoms. The maximum Gasteiger partial charge on any atom is 0.321 e. The molecule has 1 aliphatic heterocycles. The number of anilines is 1. The first-order chi connectivity index (χ1) is 12.6. The van der Waals surface area contributed by atoms with Crippen LogP contribution in [0.3, 0.4) is 0 Å². The number of amides is 3. The molecule has 0 saturated carbocycles. The van der Waals surface area contributed by atoms with Crippen molar-refractivity contribution in [3.8, 4) is 0 Å². The number of piperidine rings is 1. The van der Waals surface area contributed by atoms with Gasteiger partial charge in [-0.25, -0.2) is 9.18 Å². The van der Waals surface area contributed by atoms with Gasteiger partial charge in [0, 0.05) is 39.8 Å². The molecule has 1 aliphatic rings. The summed E-state index contributed by atoms with van der Waals surface area (Å²) in [6.07, 6.45) is 1.49. The van der Waals surface area contributed by atoms with Gasteiger partial charge in [0.05, 0.1) is 18.2 Å². The fourth-order valence-corrected chi connectivity index (χ4v) is 2.85. The van der Waals surface area contributed by atoms with E-state index in [9.17, 15) is 14.0 Å². The molecule has 1 atom stereocenters. The Hall–Kier alpha value is -2.19. The summed E-state index contributed by atoms with van der Waals surface area (Å²) in [7, 11) is 1.64. The number of carbonyl (C=O) groups excluding carboxylic acids is 2. The third-order valence-corrected chi connectivity index (χ3v) is 4.28. The number of rotatable bonds is 8. The van der Waals surface area contributed by atoms with Crippen LogP contribution in [-0.2, 0) is 9.53 Å². The van der Waals surface area contributed by atoms with Crippen molar-refractivity contribution < 1.29 is 18.7 Å². The van der Waals surface area contributed by atoms with E-state index in [0.717, 1.165) is 19.4 Å². The molecule has 2 rings (SSSR count). The van der Waals surface area contributed by atoms with Crippen molar-refractivity contribution >= 4 is 17.6 Å². The molecule has 1 aromatic rings. The normalized spacial score (nSPS) is 17.0. The van der Waals surface area contributed by atoms with E-state index in [1.165, 1.54) is 12.1 Å². The highest BCUT2D eigenvalue weighted by Crippen LogP contribution is 2.19. The SMILES string of the molecule is COCCNCCNC(=O)C1CCCN(C(=O)Nc2ccccc2F)C1. The number of carbonyl (C=O) groups is 2. The predicted molar refractivity (Wildman–Crippen MR) is 97.5 cm³/mol. The highest BCUT2D eigenvalue weighted by Gasteiger charge is 2.28. The van der Waals surface area contributed by atoms with E-state index in [0.29, 0.717) is 32.8 Å². The van der Waals surface area contributed by atoms with Gasteiger partial charge in [-0.1, -0.05) is 12.1 Å². The lowest BCUT2D eigenvalue weighted by molar-refractivity contribution is -0.126. The van der Waals surface area contributed by atoms with Crippen molar-refractivity contribution in [1.82, 2.24) is 15.5 Å². The first-order valence-electron chi connectivity index (χ1n) is 8.89. The molecule has 0 aromatic heterocycles. The molecule has 1 unspecified atom stereocenters. The van der Waals surface area contributed by atoms with E-state index in [-0.39, 0.29) is 23.5 Å². The zero-order valence-electron chi connectivity index (χ0n) is 15.1. The molecule has 0 radical (unpaired) electrons. The Balaban J connectivity index is 1.76. The van der Waals surface area contributed by atoms with E-state index >= 15 is 0 Å². The largest absolute Gasteiger partial charge is 0.383 e. The van der Waals surface area contributed by atoms with Crippen LogP contribution < -0.4 is 16.0 Å². The molecule has 3 N–H and O–H groups in total. The predicted octanol–water partition coefficient (Wildman–Crippen LogP) is 1.42. The van der Waals surface area contributed by atoms with E-state index in [1.54, 1.807) is 24.1 Å². The van der Waals surface area contributed by atoms with Crippen LogP contribution >= 0.6 is 0 Å². The average Bonchev–Trinajstić information content (AvgIpc) is 2.66. The zero-order chi connectivity index (χ0) is 18.8. The average molecular weight is 366 g/mol. The van der Waals surface area contributed by atoms with Crippen molar-refractivity contribution in [2.75, 3.05) is 51.8 Å². The second kappa shape index (κ2) is 10.7. The lowest BCUT2D eigenvalue weighted by Gasteiger charge is -2.32. The summed E-state index contributed by atoms with van der Waals surface area (Å²) < 4.78 is 18.6. The summed E-state index contributed by atoms with van der Waals surface area (Å²) in [6.45, 7) is 3.45. The highest BCUT2D eigenvalue weighted by atomic mass is 19.1. The van der Waals surface area contributed by atoms with Crippen LogP contribution in [0.15, 0.2) is 24.3 Å². The summed E-state index contributed by atoms with van der Waals surface area (Å²) in [5.41, 5.74) is 0.145. The fraction of sp³-hybridized carbons (Fsp3) is 0.556. The quantitative estimate of drug-likeness (QED) is 0.608. The molecular weight excluding hydrogens is 339 g/mol. The number of halogens is 1. The molecule has 0 aliphatic carbocycles. The Morgan fingerprint density at radius 1 is 1.27 bits per heavy atom. The van der Waals surface area contributed by atoms with E-state index < -0.39 is 5.82 Å². The van der Waals surface area contributed by atoms with Crippen molar-refractivity contribution in [3.63, 3.8) is 0 Å². The Kier molecular flexibility index (Phi) is 8.30. The van der Waals surface area contributed by atoms with Crippen molar-refractivity contribution in [2.45, 2.75) is 12.8 Å². The Morgan fingerprint density at radius 3 is 2.85 bits per heavy atom. The van der Waals surface area contributed by atoms with Gasteiger partial charge in [0.1, 0.15) is 5.82 Å². The van der Waals surface area contributed by atoms with Gasteiger partial charge in [0.25, 0.3) is 0 Å². The van der Waals surface area contributed by atoms with Crippen LogP contribution in [0.4, 0.5) is 14.9 Å². The summed E-state index contributed by atoms with van der Waals surface area (Å²) in [4.78, 5) is 26.2. The molecule has 144 valence electrons. The Labute approximate surface area is 153 Å². The topological polar surface area (TPSA) is 82.7 Å². The number of nitrogens with zero attached hydrogens (tertiary/aromatic N) is 1. The summed E-state index contributed by atoms with van der Waals surface area (Å²) in [6, 6.07) is 5.65. The minimum atomic E-state index is -0.479. The third kappa shape index (κ3) is 6.27. The molecule has 1 fully saturated rings. The van der Waals surface area contributed by atoms with Gasteiger partial charge in [-0.2, -0.15) is 0 Å².